The van der Waals surface area contributed by atoms with Crippen molar-refractivity contribution in [2.45, 2.75) is 25.2 Å². The van der Waals surface area contributed by atoms with Crippen LogP contribution in [0.3, 0.4) is 0 Å². The fraction of sp³-hybridized carbons (Fsp3) is 0.571. The van der Waals surface area contributed by atoms with Crippen molar-refractivity contribution in [2.75, 3.05) is 26.7 Å². The van der Waals surface area contributed by atoms with E-state index in [0.29, 0.717) is 11.7 Å². The molecular formula is C14H18BrF2NO. The van der Waals surface area contributed by atoms with Crippen molar-refractivity contribution in [2.24, 2.45) is 0 Å². The Morgan fingerprint density at radius 1 is 1.37 bits per heavy atom. The summed E-state index contributed by atoms with van der Waals surface area (Å²) < 4.78 is 30.7. The van der Waals surface area contributed by atoms with Gasteiger partial charge in [-0.05, 0) is 56.6 Å². The highest BCUT2D eigenvalue weighted by Gasteiger charge is 2.22. The molecule has 106 valence electrons. The SMILES string of the molecule is CN1CCC(c2ccc(Br)cc2OCC(F)F)CC1. The first-order valence-electron chi connectivity index (χ1n) is 6.45. The van der Waals surface area contributed by atoms with Crippen LogP contribution in [0.2, 0.25) is 0 Å². The van der Waals surface area contributed by atoms with Crippen LogP contribution in [-0.2, 0) is 0 Å². The third kappa shape index (κ3) is 4.14. The molecule has 0 radical (unpaired) electrons. The predicted octanol–water partition coefficient (Wildman–Crippen LogP) is 3.90. The van der Waals surface area contributed by atoms with Gasteiger partial charge in [0.25, 0.3) is 6.43 Å². The van der Waals surface area contributed by atoms with E-state index in [9.17, 15) is 8.78 Å². The first-order valence-corrected chi connectivity index (χ1v) is 7.24. The molecule has 2 nitrogen and oxygen atoms in total. The molecule has 0 spiro atoms. The van der Waals surface area contributed by atoms with Crippen LogP contribution in [0.15, 0.2) is 22.7 Å². The van der Waals surface area contributed by atoms with E-state index in [1.807, 2.05) is 12.1 Å². The molecule has 0 aromatic heterocycles. The lowest BCUT2D eigenvalue weighted by Gasteiger charge is -2.30. The second kappa shape index (κ2) is 6.66. The molecule has 0 unspecified atom stereocenters. The number of ether oxygens (including phenoxy) is 1. The van der Waals surface area contributed by atoms with E-state index < -0.39 is 13.0 Å². The first kappa shape index (κ1) is 14.7. The molecule has 1 fully saturated rings. The lowest BCUT2D eigenvalue weighted by Crippen LogP contribution is -2.29. The molecule has 0 saturated carbocycles. The fourth-order valence-corrected chi connectivity index (χ4v) is 2.78. The van der Waals surface area contributed by atoms with Gasteiger partial charge in [0.2, 0.25) is 0 Å². The van der Waals surface area contributed by atoms with E-state index in [2.05, 4.69) is 27.9 Å². The Hall–Kier alpha value is -0.680. The van der Waals surface area contributed by atoms with Gasteiger partial charge in [-0.25, -0.2) is 8.78 Å². The highest BCUT2D eigenvalue weighted by Crippen LogP contribution is 2.35. The van der Waals surface area contributed by atoms with Crippen molar-refractivity contribution < 1.29 is 13.5 Å². The molecule has 1 aromatic rings. The smallest absolute Gasteiger partial charge is 0.272 e. The molecule has 0 amide bonds. The molecule has 0 N–H and O–H groups in total. The Kier molecular flexibility index (Phi) is 5.16. The van der Waals surface area contributed by atoms with Crippen LogP contribution in [0, 0.1) is 0 Å². The molecule has 1 aromatic carbocycles. The third-order valence-electron chi connectivity index (χ3n) is 3.50. The number of halogens is 3. The number of likely N-dealkylation sites (tertiary alicyclic amines) is 1. The Labute approximate surface area is 120 Å². The maximum atomic E-state index is 12.3. The zero-order chi connectivity index (χ0) is 13.8. The normalized spacial score (nSPS) is 17.9. The van der Waals surface area contributed by atoms with Crippen molar-refractivity contribution in [3.63, 3.8) is 0 Å². The highest BCUT2D eigenvalue weighted by atomic mass is 79.9. The molecule has 1 aliphatic heterocycles. The Balaban J connectivity index is 2.14. The maximum Gasteiger partial charge on any atom is 0.272 e. The van der Waals surface area contributed by atoms with Crippen molar-refractivity contribution in [1.29, 1.82) is 0 Å². The zero-order valence-electron chi connectivity index (χ0n) is 10.9. The predicted molar refractivity (Wildman–Crippen MR) is 75.1 cm³/mol. The summed E-state index contributed by atoms with van der Waals surface area (Å²) in [5, 5.41) is 0. The molecule has 0 atom stereocenters. The summed E-state index contributed by atoms with van der Waals surface area (Å²) in [6.07, 6.45) is -0.351. The van der Waals surface area contributed by atoms with Gasteiger partial charge in [-0.3, -0.25) is 0 Å². The summed E-state index contributed by atoms with van der Waals surface area (Å²) in [5.74, 6) is 0.987. The standard InChI is InChI=1S/C14H18BrF2NO/c1-18-6-4-10(5-7-18)12-3-2-11(15)8-13(12)19-9-14(16)17/h2-3,8,10,14H,4-7,9H2,1H3. The summed E-state index contributed by atoms with van der Waals surface area (Å²) in [6.45, 7) is 1.53. The number of hydrogen-bond acceptors (Lipinski definition) is 2. The van der Waals surface area contributed by atoms with Crippen LogP contribution in [-0.4, -0.2) is 38.1 Å². The molecule has 19 heavy (non-hydrogen) atoms. The van der Waals surface area contributed by atoms with Crippen molar-refractivity contribution in [3.05, 3.63) is 28.2 Å². The molecule has 5 heteroatoms. The Morgan fingerprint density at radius 2 is 2.05 bits per heavy atom. The van der Waals surface area contributed by atoms with E-state index in [4.69, 9.17) is 4.74 Å². The average molecular weight is 334 g/mol. The van der Waals surface area contributed by atoms with E-state index in [1.54, 1.807) is 6.07 Å². The van der Waals surface area contributed by atoms with Gasteiger partial charge in [-0.1, -0.05) is 22.0 Å². The van der Waals surface area contributed by atoms with Gasteiger partial charge in [0.15, 0.2) is 0 Å². The monoisotopic (exact) mass is 333 g/mol. The van der Waals surface area contributed by atoms with E-state index >= 15 is 0 Å². The molecule has 2 rings (SSSR count). The zero-order valence-corrected chi connectivity index (χ0v) is 12.5. The minimum Gasteiger partial charge on any atom is -0.487 e. The molecule has 1 aliphatic rings. The van der Waals surface area contributed by atoms with Gasteiger partial charge < -0.3 is 9.64 Å². The Bertz CT molecular complexity index is 420. The lowest BCUT2D eigenvalue weighted by atomic mass is 9.89. The topological polar surface area (TPSA) is 12.5 Å². The van der Waals surface area contributed by atoms with Crippen molar-refractivity contribution in [3.8, 4) is 5.75 Å². The van der Waals surface area contributed by atoms with Gasteiger partial charge in [0.05, 0.1) is 0 Å². The van der Waals surface area contributed by atoms with Crippen LogP contribution in [0.1, 0.15) is 24.3 Å². The number of benzene rings is 1. The fourth-order valence-electron chi connectivity index (χ4n) is 2.44. The summed E-state index contributed by atoms with van der Waals surface area (Å²) in [6, 6.07) is 5.72. The van der Waals surface area contributed by atoms with Crippen LogP contribution in [0.25, 0.3) is 0 Å². The molecular weight excluding hydrogens is 316 g/mol. The average Bonchev–Trinajstić information content (AvgIpc) is 2.38. The minimum absolute atomic E-state index is 0.400. The minimum atomic E-state index is -2.44. The molecule has 1 heterocycles. The van der Waals surface area contributed by atoms with E-state index in [-0.39, 0.29) is 0 Å². The van der Waals surface area contributed by atoms with Gasteiger partial charge in [0, 0.05) is 4.47 Å². The third-order valence-corrected chi connectivity index (χ3v) is 3.99. The van der Waals surface area contributed by atoms with E-state index in [1.165, 1.54) is 0 Å². The highest BCUT2D eigenvalue weighted by molar-refractivity contribution is 9.10. The second-order valence-corrected chi connectivity index (χ2v) is 5.88. The number of nitrogens with zero attached hydrogens (tertiary/aromatic N) is 1. The van der Waals surface area contributed by atoms with Crippen LogP contribution < -0.4 is 4.74 Å². The summed E-state index contributed by atoms with van der Waals surface area (Å²) in [4.78, 5) is 2.29. The largest absolute Gasteiger partial charge is 0.487 e. The Morgan fingerprint density at radius 3 is 2.68 bits per heavy atom. The number of rotatable bonds is 4. The van der Waals surface area contributed by atoms with Crippen molar-refractivity contribution >= 4 is 15.9 Å². The summed E-state index contributed by atoms with van der Waals surface area (Å²) in [7, 11) is 2.10. The van der Waals surface area contributed by atoms with Crippen LogP contribution in [0.5, 0.6) is 5.75 Å². The van der Waals surface area contributed by atoms with Gasteiger partial charge in [0.1, 0.15) is 12.4 Å². The summed E-state index contributed by atoms with van der Waals surface area (Å²) >= 11 is 3.36. The first-order chi connectivity index (χ1) is 9.06. The molecule has 0 bridgehead atoms. The quantitative estimate of drug-likeness (QED) is 0.828. The molecule has 1 saturated heterocycles. The number of hydrogen-bond donors (Lipinski definition) is 0. The summed E-state index contributed by atoms with van der Waals surface area (Å²) in [5.41, 5.74) is 1.05. The maximum absolute atomic E-state index is 12.3. The van der Waals surface area contributed by atoms with Crippen molar-refractivity contribution in [1.82, 2.24) is 4.90 Å². The van der Waals surface area contributed by atoms with Gasteiger partial charge in [-0.2, -0.15) is 0 Å². The van der Waals surface area contributed by atoms with Gasteiger partial charge >= 0.3 is 0 Å². The number of piperidine rings is 1. The van der Waals surface area contributed by atoms with Crippen LogP contribution >= 0.6 is 15.9 Å². The molecule has 0 aliphatic carbocycles. The van der Waals surface area contributed by atoms with Crippen LogP contribution in [0.4, 0.5) is 8.78 Å². The van der Waals surface area contributed by atoms with E-state index in [0.717, 1.165) is 36.0 Å². The second-order valence-electron chi connectivity index (χ2n) is 4.96. The van der Waals surface area contributed by atoms with Gasteiger partial charge in [-0.15, -0.1) is 0 Å². The number of alkyl halides is 2. The lowest BCUT2D eigenvalue weighted by molar-refractivity contribution is 0.0809.